The molecule has 2 N–H and O–H groups in total. The minimum atomic E-state index is -3.53. The van der Waals surface area contributed by atoms with E-state index in [0.717, 1.165) is 25.9 Å². The molecule has 1 saturated heterocycles. The summed E-state index contributed by atoms with van der Waals surface area (Å²) >= 11 is 5.95. The fraction of sp³-hybridized carbons (Fsp3) is 0.500. The first-order chi connectivity index (χ1) is 9.03. The Balaban J connectivity index is 0.00000200. The van der Waals surface area contributed by atoms with Gasteiger partial charge in [-0.15, -0.1) is 12.4 Å². The Labute approximate surface area is 130 Å². The molecule has 0 atom stereocenters. The maximum absolute atomic E-state index is 12.2. The topological polar surface area (TPSA) is 67.4 Å². The van der Waals surface area contributed by atoms with Crippen molar-refractivity contribution in [2.75, 3.05) is 20.2 Å². The third-order valence-electron chi connectivity index (χ3n) is 3.09. The van der Waals surface area contributed by atoms with E-state index in [1.54, 1.807) is 6.07 Å². The molecule has 1 fully saturated rings. The van der Waals surface area contributed by atoms with Crippen LogP contribution in [-0.2, 0) is 10.0 Å². The number of methoxy groups -OCH3 is 1. The zero-order valence-corrected chi connectivity index (χ0v) is 13.4. The molecule has 1 heterocycles. The number of halogens is 2. The Bertz CT molecular complexity index is 546. The second-order valence-electron chi connectivity index (χ2n) is 4.44. The largest absolute Gasteiger partial charge is 0.495 e. The standard InChI is InChI=1S/C12H17ClN2O3S.ClH/c1-18-12-3-2-10(8-11(12)13)19(16,17)15-9-4-6-14-7-5-9;/h2-3,8-9,14-15H,4-7H2,1H3;1H. The Morgan fingerprint density at radius 2 is 2.00 bits per heavy atom. The summed E-state index contributed by atoms with van der Waals surface area (Å²) < 4.78 is 32.2. The lowest BCUT2D eigenvalue weighted by Gasteiger charge is -2.23. The highest BCUT2D eigenvalue weighted by atomic mass is 35.5. The highest BCUT2D eigenvalue weighted by molar-refractivity contribution is 7.89. The van der Waals surface area contributed by atoms with E-state index in [9.17, 15) is 8.42 Å². The van der Waals surface area contributed by atoms with E-state index in [0.29, 0.717) is 5.75 Å². The molecule has 1 aliphatic heterocycles. The SMILES string of the molecule is COc1ccc(S(=O)(=O)NC2CCNCC2)cc1Cl.Cl. The van der Waals surface area contributed by atoms with Gasteiger partial charge < -0.3 is 10.1 Å². The van der Waals surface area contributed by atoms with Crippen molar-refractivity contribution >= 4 is 34.0 Å². The predicted molar refractivity (Wildman–Crippen MR) is 81.5 cm³/mol. The van der Waals surface area contributed by atoms with Crippen LogP contribution in [0.3, 0.4) is 0 Å². The van der Waals surface area contributed by atoms with Gasteiger partial charge in [0.25, 0.3) is 0 Å². The summed E-state index contributed by atoms with van der Waals surface area (Å²) in [4.78, 5) is 0.164. The fourth-order valence-corrected chi connectivity index (χ4v) is 3.69. The molecule has 1 aromatic carbocycles. The van der Waals surface area contributed by atoms with Crippen molar-refractivity contribution < 1.29 is 13.2 Å². The summed E-state index contributed by atoms with van der Waals surface area (Å²) in [6.45, 7) is 1.66. The number of benzene rings is 1. The van der Waals surface area contributed by atoms with Crippen LogP contribution in [0.4, 0.5) is 0 Å². The quantitative estimate of drug-likeness (QED) is 0.876. The number of nitrogens with one attached hydrogen (secondary N) is 2. The number of hydrogen-bond acceptors (Lipinski definition) is 4. The summed E-state index contributed by atoms with van der Waals surface area (Å²) in [5.41, 5.74) is 0. The molecule has 0 bridgehead atoms. The molecule has 114 valence electrons. The molecule has 8 heteroatoms. The van der Waals surface area contributed by atoms with Crippen molar-refractivity contribution in [2.45, 2.75) is 23.8 Å². The van der Waals surface area contributed by atoms with E-state index in [4.69, 9.17) is 16.3 Å². The third kappa shape index (κ3) is 4.23. The highest BCUT2D eigenvalue weighted by Crippen LogP contribution is 2.27. The maximum Gasteiger partial charge on any atom is 0.240 e. The minimum absolute atomic E-state index is 0. The van der Waals surface area contributed by atoms with Crippen LogP contribution < -0.4 is 14.8 Å². The second-order valence-corrected chi connectivity index (χ2v) is 6.56. The van der Waals surface area contributed by atoms with Crippen LogP contribution >= 0.6 is 24.0 Å². The summed E-state index contributed by atoms with van der Waals surface area (Å²) in [6.07, 6.45) is 1.59. The maximum atomic E-state index is 12.2. The number of rotatable bonds is 4. The molecule has 5 nitrogen and oxygen atoms in total. The lowest BCUT2D eigenvalue weighted by Crippen LogP contribution is -2.42. The lowest BCUT2D eigenvalue weighted by molar-refractivity contribution is 0.414. The van der Waals surface area contributed by atoms with Gasteiger partial charge in [-0.05, 0) is 44.1 Å². The van der Waals surface area contributed by atoms with Gasteiger partial charge in [0.05, 0.1) is 17.0 Å². The van der Waals surface area contributed by atoms with Crippen molar-refractivity contribution in [1.29, 1.82) is 0 Å². The van der Waals surface area contributed by atoms with Gasteiger partial charge in [0.15, 0.2) is 0 Å². The first-order valence-electron chi connectivity index (χ1n) is 6.09. The van der Waals surface area contributed by atoms with Crippen molar-refractivity contribution in [3.8, 4) is 5.75 Å². The number of piperidine rings is 1. The lowest BCUT2D eigenvalue weighted by atomic mass is 10.1. The third-order valence-corrected chi connectivity index (χ3v) is 4.91. The van der Waals surface area contributed by atoms with Gasteiger partial charge in [-0.3, -0.25) is 0 Å². The van der Waals surface area contributed by atoms with Crippen molar-refractivity contribution in [3.05, 3.63) is 23.2 Å². The normalized spacial score (nSPS) is 16.5. The molecular formula is C12H18Cl2N2O3S. The van der Waals surface area contributed by atoms with Crippen LogP contribution in [0.1, 0.15) is 12.8 Å². The van der Waals surface area contributed by atoms with Crippen molar-refractivity contribution in [3.63, 3.8) is 0 Å². The Morgan fingerprint density at radius 3 is 2.55 bits per heavy atom. The molecular weight excluding hydrogens is 323 g/mol. The average molecular weight is 341 g/mol. The predicted octanol–water partition coefficient (Wildman–Crippen LogP) is 1.80. The van der Waals surface area contributed by atoms with Gasteiger partial charge in [-0.2, -0.15) is 0 Å². The van der Waals surface area contributed by atoms with Gasteiger partial charge in [0.2, 0.25) is 10.0 Å². The summed E-state index contributed by atoms with van der Waals surface area (Å²) in [5, 5.41) is 3.48. The van der Waals surface area contributed by atoms with E-state index in [1.807, 2.05) is 0 Å². The van der Waals surface area contributed by atoms with E-state index in [1.165, 1.54) is 19.2 Å². The minimum Gasteiger partial charge on any atom is -0.495 e. The molecule has 1 aliphatic rings. The van der Waals surface area contributed by atoms with Gasteiger partial charge >= 0.3 is 0 Å². The van der Waals surface area contributed by atoms with Gasteiger partial charge in [-0.1, -0.05) is 11.6 Å². The Morgan fingerprint density at radius 1 is 1.35 bits per heavy atom. The molecule has 0 saturated carbocycles. The molecule has 0 spiro atoms. The van der Waals surface area contributed by atoms with E-state index in [-0.39, 0.29) is 28.4 Å². The fourth-order valence-electron chi connectivity index (χ4n) is 2.04. The van der Waals surface area contributed by atoms with Crippen LogP contribution in [0.2, 0.25) is 5.02 Å². The Kier molecular flexibility index (Phi) is 6.54. The van der Waals surface area contributed by atoms with Crippen LogP contribution in [0.15, 0.2) is 23.1 Å². The van der Waals surface area contributed by atoms with Crippen LogP contribution in [0.25, 0.3) is 0 Å². The molecule has 0 radical (unpaired) electrons. The number of hydrogen-bond donors (Lipinski definition) is 2. The summed E-state index contributed by atoms with van der Waals surface area (Å²) in [6, 6.07) is 4.43. The van der Waals surface area contributed by atoms with Gasteiger partial charge in [0, 0.05) is 6.04 Å². The molecule has 0 unspecified atom stereocenters. The zero-order valence-electron chi connectivity index (χ0n) is 11.1. The highest BCUT2D eigenvalue weighted by Gasteiger charge is 2.22. The first kappa shape index (κ1) is 17.5. The smallest absolute Gasteiger partial charge is 0.240 e. The average Bonchev–Trinajstić information content (AvgIpc) is 2.39. The van der Waals surface area contributed by atoms with Crippen molar-refractivity contribution in [1.82, 2.24) is 10.0 Å². The van der Waals surface area contributed by atoms with E-state index < -0.39 is 10.0 Å². The van der Waals surface area contributed by atoms with Crippen molar-refractivity contribution in [2.24, 2.45) is 0 Å². The van der Waals surface area contributed by atoms with E-state index in [2.05, 4.69) is 10.0 Å². The zero-order chi connectivity index (χ0) is 13.9. The Hall–Kier alpha value is -0.530. The van der Waals surface area contributed by atoms with Gasteiger partial charge in [0.1, 0.15) is 5.75 Å². The molecule has 2 rings (SSSR count). The second kappa shape index (κ2) is 7.47. The summed E-state index contributed by atoms with van der Waals surface area (Å²) in [5.74, 6) is 0.461. The first-order valence-corrected chi connectivity index (χ1v) is 7.95. The van der Waals surface area contributed by atoms with E-state index >= 15 is 0 Å². The molecule has 1 aromatic rings. The number of ether oxygens (including phenoxy) is 1. The summed E-state index contributed by atoms with van der Waals surface area (Å²) in [7, 11) is -2.04. The van der Waals surface area contributed by atoms with Gasteiger partial charge in [-0.25, -0.2) is 13.1 Å². The van der Waals surface area contributed by atoms with Crippen LogP contribution in [-0.4, -0.2) is 34.7 Å². The molecule has 0 aromatic heterocycles. The van der Waals surface area contributed by atoms with Crippen LogP contribution in [0.5, 0.6) is 5.75 Å². The number of sulfonamides is 1. The monoisotopic (exact) mass is 340 g/mol. The molecule has 0 aliphatic carbocycles. The van der Waals surface area contributed by atoms with Crippen LogP contribution in [0, 0.1) is 0 Å². The molecule has 20 heavy (non-hydrogen) atoms. The molecule has 0 amide bonds.